The van der Waals surface area contributed by atoms with Gasteiger partial charge < -0.3 is 64.8 Å². The van der Waals surface area contributed by atoms with Gasteiger partial charge in [-0.2, -0.15) is 13.2 Å². The Morgan fingerprint density at radius 3 is 1.85 bits per heavy atom. The summed E-state index contributed by atoms with van der Waals surface area (Å²) in [5.41, 5.74) is -2.23. The number of carbonyl (C=O) groups excluding carboxylic acids is 12. The number of amides is 12. The van der Waals surface area contributed by atoms with E-state index in [9.17, 15) is 41.9 Å². The van der Waals surface area contributed by atoms with Gasteiger partial charge in [-0.05, 0) is 132 Å². The molecule has 7 aliphatic rings. The molecule has 2 bridgehead atoms. The van der Waals surface area contributed by atoms with Crippen LogP contribution in [-0.2, 0) is 62.3 Å². The maximum absolute atomic E-state index is 15.8. The summed E-state index contributed by atoms with van der Waals surface area (Å²) < 4.78 is 78.4. The van der Waals surface area contributed by atoms with Gasteiger partial charge >= 0.3 is 6.18 Å². The van der Waals surface area contributed by atoms with Crippen molar-refractivity contribution in [3.63, 3.8) is 0 Å². The molecule has 2 unspecified atom stereocenters. The van der Waals surface area contributed by atoms with Gasteiger partial charge in [0.1, 0.15) is 72.1 Å². The molecule has 30 heteroatoms. The van der Waals surface area contributed by atoms with Crippen LogP contribution in [-0.4, -0.2) is 283 Å². The third-order valence-corrected chi connectivity index (χ3v) is 24.2. The smallest absolute Gasteiger partial charge is 0.382 e. The maximum Gasteiger partial charge on any atom is 0.397 e. The van der Waals surface area contributed by atoms with Gasteiger partial charge in [-0.25, -0.2) is 8.78 Å². The average molecular weight is 1510 g/mol. The highest BCUT2D eigenvalue weighted by molar-refractivity contribution is 6.01. The lowest BCUT2D eigenvalue weighted by Crippen LogP contribution is -2.71. The number of fused-ring (bicyclic) bond motifs is 3. The summed E-state index contributed by atoms with van der Waals surface area (Å²) in [5.74, 6) is -13.4. The Hall–Kier alpha value is -7.01. The van der Waals surface area contributed by atoms with Crippen LogP contribution < -0.4 is 16.0 Å². The number of hydrogen-bond acceptors (Lipinski definition) is 13. The number of carbonyl (C=O) groups is 12. The van der Waals surface area contributed by atoms with Gasteiger partial charge in [-0.1, -0.05) is 98.6 Å². The van der Waals surface area contributed by atoms with Crippen molar-refractivity contribution < 1.29 is 84.2 Å². The molecule has 598 valence electrons. The first kappa shape index (κ1) is 86.2. The Morgan fingerprint density at radius 2 is 1.27 bits per heavy atom. The molecule has 0 aromatic heterocycles. The molecule has 0 aromatic rings. The minimum Gasteiger partial charge on any atom is -0.382 e. The number of nitrogens with one attached hydrogen (secondary N) is 3. The summed E-state index contributed by atoms with van der Waals surface area (Å²) in [7, 11) is 9.65. The molecular formula is C76H121F5N12O13. The number of nitrogens with zero attached hydrogens (tertiary/aromatic N) is 9. The SMILES string of the molecule is CC[C@H](C)[C@@H]1NC(=O)[C@H](COC)N(C)C(=O)C[C@@H](C(=O)N(CC)CC)N(C)C(=O)[C@H](C2CCCC2)N(C)C(=O)C2(CC(C)(C)C2)NC(=O)[C@@H]2C[C@H](C)CN2C(=O)[C@H](CCC2CC(F)C(C(F)(F)F)C(F)C2)NC(=O)CN(C)C(=O)[C@H](CC2CCC(C)CC2)N2CC/C=C\C[C@@H](C2=O)N(C)C(=O)CN(C)C1=O. The van der Waals surface area contributed by atoms with Crippen LogP contribution in [0.25, 0.3) is 0 Å². The van der Waals surface area contributed by atoms with E-state index in [0.717, 1.165) is 40.4 Å². The summed E-state index contributed by atoms with van der Waals surface area (Å²) in [4.78, 5) is 193. The van der Waals surface area contributed by atoms with Crippen LogP contribution in [0.5, 0.6) is 0 Å². The van der Waals surface area contributed by atoms with Crippen molar-refractivity contribution in [3.8, 4) is 0 Å². The first-order valence-electron chi connectivity index (χ1n) is 38.6. The summed E-state index contributed by atoms with van der Waals surface area (Å²) >= 11 is 0. The van der Waals surface area contributed by atoms with E-state index < -0.39 is 205 Å². The van der Waals surface area contributed by atoms with Gasteiger partial charge in [-0.3, -0.25) is 57.5 Å². The Kier molecular flexibility index (Phi) is 30.0. The molecule has 4 saturated carbocycles. The van der Waals surface area contributed by atoms with E-state index in [2.05, 4.69) is 22.9 Å². The number of rotatable bonds is 13. The molecule has 2 saturated heterocycles. The molecule has 6 fully saturated rings. The Balaban J connectivity index is 1.32. The number of methoxy groups -OCH3 is 1. The van der Waals surface area contributed by atoms with Crippen molar-refractivity contribution in [2.75, 3.05) is 95.3 Å². The van der Waals surface area contributed by atoms with Gasteiger partial charge in [0.25, 0.3) is 0 Å². The van der Waals surface area contributed by atoms with Gasteiger partial charge in [0.2, 0.25) is 70.9 Å². The van der Waals surface area contributed by atoms with Gasteiger partial charge in [0, 0.05) is 75.6 Å². The van der Waals surface area contributed by atoms with Gasteiger partial charge in [0.05, 0.1) is 26.1 Å². The fourth-order valence-electron chi connectivity index (χ4n) is 17.8. The molecule has 12 atom stereocenters. The lowest BCUT2D eigenvalue weighted by atomic mass is 9.58. The van der Waals surface area contributed by atoms with E-state index in [-0.39, 0.29) is 89.6 Å². The second-order valence-corrected chi connectivity index (χ2v) is 32.8. The predicted octanol–water partition coefficient (Wildman–Crippen LogP) is 6.06. The molecule has 1 spiro atoms. The minimum absolute atomic E-state index is 0.00987. The average Bonchev–Trinajstić information content (AvgIpc) is 1.56. The third kappa shape index (κ3) is 20.5. The standard InChI is InChI=1S/C76H121F5N12O13/c1-16-47(6)63-71(103)86(10)41-61(96)87(11)54-26-20-19-23-33-92(70(54)102)57(37-48-29-27-45(4)28-30-48)68(100)85(9)40-59(94)82-53(32-31-49-35-51(77)62(52(78)36-49)76(79,80)81)67(99)93-39-46(5)34-55(93)66(98)84-75(43-74(7,8)44-75)73(105)90(14)64(50-24-21-22-25-50)72(104)89(13)56(69(101)91(17-2)18-3)38-60(95)88(12)58(42-106-15)65(97)83-63/h19-20,45-58,62-64H,16-18,21-44H2,1-15H3,(H,82,94)(H,83,97)(H,84,98)/b20-19-/t45?,46-,47-,48?,49?,51?,52?,53-,54-,55-,56-,57-,58-,62?,63-,64-/m0/s1. The van der Waals surface area contributed by atoms with Crippen LogP contribution in [0.3, 0.4) is 0 Å². The Morgan fingerprint density at radius 1 is 0.660 bits per heavy atom. The molecule has 0 aromatic carbocycles. The highest BCUT2D eigenvalue weighted by Gasteiger charge is 2.60. The van der Waals surface area contributed by atoms with Crippen LogP contribution in [0.2, 0.25) is 0 Å². The third-order valence-electron chi connectivity index (χ3n) is 24.2. The fourth-order valence-corrected chi connectivity index (χ4v) is 17.8. The molecule has 3 heterocycles. The molecular weight excluding hydrogens is 1380 g/mol. The van der Waals surface area contributed by atoms with E-state index in [1.165, 1.54) is 78.8 Å². The highest BCUT2D eigenvalue weighted by Crippen LogP contribution is 2.50. The van der Waals surface area contributed by atoms with Crippen LogP contribution in [0.15, 0.2) is 12.2 Å². The summed E-state index contributed by atoms with van der Waals surface area (Å²) in [5, 5.41) is 8.60. The van der Waals surface area contributed by atoms with E-state index in [4.69, 9.17) is 4.74 Å². The van der Waals surface area contributed by atoms with Crippen LogP contribution in [0, 0.1) is 46.8 Å². The van der Waals surface area contributed by atoms with Crippen molar-refractivity contribution in [1.29, 1.82) is 0 Å². The quantitative estimate of drug-likeness (QED) is 0.140. The first-order chi connectivity index (χ1) is 49.7. The van der Waals surface area contributed by atoms with Gasteiger partial charge in [0.15, 0.2) is 0 Å². The highest BCUT2D eigenvalue weighted by atomic mass is 19.4. The molecule has 4 aliphatic carbocycles. The van der Waals surface area contributed by atoms with Crippen LogP contribution in [0.4, 0.5) is 22.0 Å². The monoisotopic (exact) mass is 1500 g/mol. The summed E-state index contributed by atoms with van der Waals surface area (Å²) in [6.45, 7) is 13.4. The fraction of sp³-hybridized carbons (Fsp3) is 0.816. The Labute approximate surface area is 623 Å². The van der Waals surface area contributed by atoms with Crippen molar-refractivity contribution in [2.24, 2.45) is 46.8 Å². The lowest BCUT2D eigenvalue weighted by molar-refractivity contribution is -0.219. The van der Waals surface area contributed by atoms with Crippen molar-refractivity contribution in [2.45, 2.75) is 256 Å². The topological polar surface area (TPSA) is 279 Å². The Bertz CT molecular complexity index is 3160. The molecule has 25 nitrogen and oxygen atoms in total. The lowest BCUT2D eigenvalue weighted by Gasteiger charge is -2.54. The number of hydrogen-bond donors (Lipinski definition) is 3. The first-order valence-corrected chi connectivity index (χ1v) is 38.6. The molecule has 7 rings (SSSR count). The molecule has 12 amide bonds. The van der Waals surface area contributed by atoms with Crippen LogP contribution >= 0.6 is 0 Å². The second-order valence-electron chi connectivity index (χ2n) is 32.8. The molecule has 3 aliphatic heterocycles. The van der Waals surface area contributed by atoms with E-state index in [1.807, 2.05) is 19.9 Å². The molecule has 106 heavy (non-hydrogen) atoms. The number of alkyl halides is 5. The largest absolute Gasteiger partial charge is 0.397 e. The predicted molar refractivity (Wildman–Crippen MR) is 385 cm³/mol. The molecule has 0 radical (unpaired) electrons. The summed E-state index contributed by atoms with van der Waals surface area (Å²) in [6, 6.07) is -10.7. The zero-order chi connectivity index (χ0) is 78.8. The zero-order valence-corrected chi connectivity index (χ0v) is 65.3. The number of ether oxygens (including phenoxy) is 1. The number of halogens is 5. The van der Waals surface area contributed by atoms with Gasteiger partial charge in [-0.15, -0.1) is 0 Å². The van der Waals surface area contributed by atoms with Crippen molar-refractivity contribution in [3.05, 3.63) is 12.2 Å². The van der Waals surface area contributed by atoms with E-state index >= 15 is 37.5 Å². The van der Waals surface area contributed by atoms with Crippen molar-refractivity contribution >= 4 is 70.9 Å². The van der Waals surface area contributed by atoms with Crippen molar-refractivity contribution in [1.82, 2.24) is 60.0 Å². The number of likely N-dealkylation sites (N-methyl/N-ethyl adjacent to an activating group) is 7. The summed E-state index contributed by atoms with van der Waals surface area (Å²) in [6.07, 6.45) is -2.82. The van der Waals surface area contributed by atoms with E-state index in [0.29, 0.717) is 44.4 Å². The van der Waals surface area contributed by atoms with Crippen LogP contribution in [0.1, 0.15) is 184 Å². The normalized spacial score (nSPS) is 32.6. The van der Waals surface area contributed by atoms with E-state index in [1.54, 1.807) is 40.7 Å². The molecule has 3 N–H and O–H groups in total. The minimum atomic E-state index is -5.17. The second kappa shape index (κ2) is 36.9. The zero-order valence-electron chi connectivity index (χ0n) is 65.3. The maximum atomic E-state index is 15.8.